The Morgan fingerprint density at radius 1 is 1.40 bits per heavy atom. The van der Waals surface area contributed by atoms with Gasteiger partial charge in [0.25, 0.3) is 0 Å². The third-order valence-electron chi connectivity index (χ3n) is 2.10. The minimum absolute atomic E-state index is 0.0760. The first kappa shape index (κ1) is 12.0. The van der Waals surface area contributed by atoms with E-state index in [1.807, 2.05) is 0 Å². The lowest BCUT2D eigenvalue weighted by Crippen LogP contribution is -2.31. The molecule has 0 saturated carbocycles. The Bertz CT molecular complexity index is 320. The molecule has 5 heteroatoms. The van der Waals surface area contributed by atoms with Gasteiger partial charge in [0.1, 0.15) is 0 Å². The molecule has 84 valence electrons. The number of benzene rings is 1. The van der Waals surface area contributed by atoms with Crippen molar-refractivity contribution in [2.45, 2.75) is 6.04 Å². The van der Waals surface area contributed by atoms with Crippen LogP contribution in [0.2, 0.25) is 0 Å². The van der Waals surface area contributed by atoms with E-state index in [1.54, 1.807) is 0 Å². The molecule has 0 radical (unpaired) electrons. The van der Waals surface area contributed by atoms with Gasteiger partial charge < -0.3 is 16.2 Å². The number of nitrogens with two attached hydrogens (primary N) is 1. The first-order valence-electron chi connectivity index (χ1n) is 4.69. The number of aliphatic hydroxyl groups is 1. The number of nitrogens with one attached hydrogen (secondary N) is 1. The first-order valence-corrected chi connectivity index (χ1v) is 4.69. The molecule has 1 aromatic rings. The van der Waals surface area contributed by atoms with Gasteiger partial charge in [-0.15, -0.1) is 0 Å². The van der Waals surface area contributed by atoms with Crippen molar-refractivity contribution in [3.05, 3.63) is 35.4 Å². The fourth-order valence-corrected chi connectivity index (χ4v) is 1.35. The van der Waals surface area contributed by atoms with Gasteiger partial charge in [0.05, 0.1) is 6.61 Å². The molecule has 0 amide bonds. The van der Waals surface area contributed by atoms with Gasteiger partial charge in [-0.3, -0.25) is 0 Å². The third kappa shape index (κ3) is 2.95. The van der Waals surface area contributed by atoms with E-state index in [2.05, 4.69) is 5.32 Å². The van der Waals surface area contributed by atoms with Gasteiger partial charge in [-0.1, -0.05) is 12.1 Å². The Morgan fingerprint density at radius 3 is 2.73 bits per heavy atom. The lowest BCUT2D eigenvalue weighted by Gasteiger charge is -2.17. The second-order valence-electron chi connectivity index (χ2n) is 3.11. The number of rotatable bonds is 5. The molecule has 4 N–H and O–H groups in total. The molecule has 0 heterocycles. The second kappa shape index (κ2) is 5.75. The summed E-state index contributed by atoms with van der Waals surface area (Å²) in [5.74, 6) is -1.78. The van der Waals surface area contributed by atoms with Gasteiger partial charge in [-0.2, -0.15) is 0 Å². The normalized spacial score (nSPS) is 12.8. The van der Waals surface area contributed by atoms with Crippen LogP contribution in [0.25, 0.3) is 0 Å². The SMILES string of the molecule is NCC(NCCO)c1cccc(F)c1F. The summed E-state index contributed by atoms with van der Waals surface area (Å²) in [6.07, 6.45) is 0. The summed E-state index contributed by atoms with van der Waals surface area (Å²) >= 11 is 0. The highest BCUT2D eigenvalue weighted by molar-refractivity contribution is 5.22. The van der Waals surface area contributed by atoms with Crippen LogP contribution in [0.1, 0.15) is 11.6 Å². The maximum atomic E-state index is 13.3. The van der Waals surface area contributed by atoms with E-state index in [0.29, 0.717) is 0 Å². The number of hydrogen-bond acceptors (Lipinski definition) is 3. The average Bonchev–Trinajstić information content (AvgIpc) is 2.25. The Hall–Kier alpha value is -1.04. The molecule has 1 rings (SSSR count). The maximum absolute atomic E-state index is 13.3. The predicted molar refractivity (Wildman–Crippen MR) is 53.2 cm³/mol. The molecule has 0 fully saturated rings. The van der Waals surface area contributed by atoms with Crippen LogP contribution in [0.5, 0.6) is 0 Å². The summed E-state index contributed by atoms with van der Waals surface area (Å²) in [7, 11) is 0. The highest BCUT2D eigenvalue weighted by atomic mass is 19.2. The van der Waals surface area contributed by atoms with Crippen LogP contribution >= 0.6 is 0 Å². The third-order valence-corrected chi connectivity index (χ3v) is 2.10. The van der Waals surface area contributed by atoms with E-state index in [0.717, 1.165) is 6.07 Å². The highest BCUT2D eigenvalue weighted by Crippen LogP contribution is 2.18. The Kier molecular flexibility index (Phi) is 4.61. The van der Waals surface area contributed by atoms with Crippen LogP contribution in [0, 0.1) is 11.6 Å². The molecule has 0 bridgehead atoms. The molecule has 0 aromatic heterocycles. The number of halogens is 2. The van der Waals surface area contributed by atoms with Crippen molar-refractivity contribution < 1.29 is 13.9 Å². The minimum atomic E-state index is -0.892. The van der Waals surface area contributed by atoms with Gasteiger partial charge in [-0.05, 0) is 6.07 Å². The van der Waals surface area contributed by atoms with Gasteiger partial charge in [0, 0.05) is 24.7 Å². The van der Waals surface area contributed by atoms with Crippen LogP contribution in [0.4, 0.5) is 8.78 Å². The van der Waals surface area contributed by atoms with E-state index < -0.39 is 17.7 Å². The topological polar surface area (TPSA) is 58.3 Å². The highest BCUT2D eigenvalue weighted by Gasteiger charge is 2.15. The molecule has 3 nitrogen and oxygen atoms in total. The van der Waals surface area contributed by atoms with E-state index in [4.69, 9.17) is 10.8 Å². The van der Waals surface area contributed by atoms with E-state index in [1.165, 1.54) is 12.1 Å². The van der Waals surface area contributed by atoms with E-state index >= 15 is 0 Å². The number of hydrogen-bond donors (Lipinski definition) is 3. The molecular weight excluding hydrogens is 202 g/mol. The molecule has 0 aliphatic carbocycles. The Labute approximate surface area is 86.9 Å². The lowest BCUT2D eigenvalue weighted by atomic mass is 10.1. The van der Waals surface area contributed by atoms with Crippen LogP contribution < -0.4 is 11.1 Å². The van der Waals surface area contributed by atoms with Crippen molar-refractivity contribution in [1.82, 2.24) is 5.32 Å². The monoisotopic (exact) mass is 216 g/mol. The van der Waals surface area contributed by atoms with Crippen molar-refractivity contribution in [2.24, 2.45) is 5.73 Å². The van der Waals surface area contributed by atoms with Crippen LogP contribution in [-0.4, -0.2) is 24.8 Å². The smallest absolute Gasteiger partial charge is 0.163 e. The van der Waals surface area contributed by atoms with E-state index in [-0.39, 0.29) is 25.3 Å². The molecule has 1 atom stereocenters. The first-order chi connectivity index (χ1) is 7.20. The molecule has 15 heavy (non-hydrogen) atoms. The number of aliphatic hydroxyl groups excluding tert-OH is 1. The average molecular weight is 216 g/mol. The molecule has 1 aromatic carbocycles. The van der Waals surface area contributed by atoms with Crippen molar-refractivity contribution in [2.75, 3.05) is 19.7 Å². The Balaban J connectivity index is 2.86. The molecule has 0 saturated heterocycles. The summed E-state index contributed by atoms with van der Waals surface area (Å²) in [5.41, 5.74) is 5.62. The van der Waals surface area contributed by atoms with Gasteiger partial charge in [0.15, 0.2) is 11.6 Å². The predicted octanol–water partition coefficient (Wildman–Crippen LogP) is 0.547. The molecule has 0 aliphatic heterocycles. The molecule has 1 unspecified atom stereocenters. The second-order valence-corrected chi connectivity index (χ2v) is 3.11. The largest absolute Gasteiger partial charge is 0.395 e. The fraction of sp³-hybridized carbons (Fsp3) is 0.400. The summed E-state index contributed by atoms with van der Waals surface area (Å²) in [5, 5.41) is 11.4. The summed E-state index contributed by atoms with van der Waals surface area (Å²) < 4.78 is 26.2. The molecular formula is C10H14F2N2O. The van der Waals surface area contributed by atoms with Crippen molar-refractivity contribution >= 4 is 0 Å². The standard InChI is InChI=1S/C10H14F2N2O/c11-8-3-1-2-7(10(8)12)9(6-13)14-4-5-15/h1-3,9,14-15H,4-6,13H2. The molecule has 0 spiro atoms. The zero-order valence-electron chi connectivity index (χ0n) is 8.21. The van der Waals surface area contributed by atoms with Crippen molar-refractivity contribution in [3.8, 4) is 0 Å². The summed E-state index contributed by atoms with van der Waals surface area (Å²) in [4.78, 5) is 0. The lowest BCUT2D eigenvalue weighted by molar-refractivity contribution is 0.284. The van der Waals surface area contributed by atoms with Crippen LogP contribution in [0.15, 0.2) is 18.2 Å². The van der Waals surface area contributed by atoms with Crippen LogP contribution in [-0.2, 0) is 0 Å². The van der Waals surface area contributed by atoms with Crippen LogP contribution in [0.3, 0.4) is 0 Å². The Morgan fingerprint density at radius 2 is 2.13 bits per heavy atom. The zero-order chi connectivity index (χ0) is 11.3. The van der Waals surface area contributed by atoms with Gasteiger partial charge >= 0.3 is 0 Å². The van der Waals surface area contributed by atoms with Gasteiger partial charge in [0.2, 0.25) is 0 Å². The molecule has 0 aliphatic rings. The summed E-state index contributed by atoms with van der Waals surface area (Å²) in [6.45, 7) is 0.353. The van der Waals surface area contributed by atoms with Gasteiger partial charge in [-0.25, -0.2) is 8.78 Å². The van der Waals surface area contributed by atoms with Crippen molar-refractivity contribution in [1.29, 1.82) is 0 Å². The maximum Gasteiger partial charge on any atom is 0.163 e. The fourth-order valence-electron chi connectivity index (χ4n) is 1.35. The van der Waals surface area contributed by atoms with Crippen molar-refractivity contribution in [3.63, 3.8) is 0 Å². The quantitative estimate of drug-likeness (QED) is 0.673. The van der Waals surface area contributed by atoms with E-state index in [9.17, 15) is 8.78 Å². The summed E-state index contributed by atoms with van der Waals surface area (Å²) in [6, 6.07) is 3.48. The minimum Gasteiger partial charge on any atom is -0.395 e. The zero-order valence-corrected chi connectivity index (χ0v) is 8.21.